The Morgan fingerprint density at radius 1 is 1.30 bits per heavy atom. The van der Waals surface area contributed by atoms with Gasteiger partial charge in [0, 0.05) is 18.7 Å². The normalized spacial score (nSPS) is 13.2. The molecule has 20 heavy (non-hydrogen) atoms. The van der Waals surface area contributed by atoms with Crippen molar-refractivity contribution in [2.45, 2.75) is 59.0 Å². The molecule has 0 saturated heterocycles. The van der Waals surface area contributed by atoms with Crippen molar-refractivity contribution in [3.63, 3.8) is 0 Å². The first-order valence-electron chi connectivity index (χ1n) is 6.83. The first-order chi connectivity index (χ1) is 9.01. The lowest BCUT2D eigenvalue weighted by Gasteiger charge is -2.18. The SMILES string of the molecule is Cc1oc(CNC(C)C)cc1S(=O)(=O)NCC(C)(C)C. The molecule has 1 aromatic rings. The standard InChI is InChI=1S/C14H26N2O3S/c1-10(2)15-8-12-7-13(11(3)19-12)20(17,18)16-9-14(4,5)6/h7,10,15-16H,8-9H2,1-6H3. The molecule has 0 bridgehead atoms. The largest absolute Gasteiger partial charge is 0.464 e. The van der Waals surface area contributed by atoms with E-state index in [-0.39, 0.29) is 10.3 Å². The molecule has 0 saturated carbocycles. The van der Waals surface area contributed by atoms with E-state index in [0.29, 0.717) is 30.7 Å². The maximum Gasteiger partial charge on any atom is 0.244 e. The molecular weight excluding hydrogens is 276 g/mol. The predicted molar refractivity (Wildman–Crippen MR) is 80.1 cm³/mol. The summed E-state index contributed by atoms with van der Waals surface area (Å²) >= 11 is 0. The summed E-state index contributed by atoms with van der Waals surface area (Å²) in [4.78, 5) is 0.224. The summed E-state index contributed by atoms with van der Waals surface area (Å²) in [6.45, 7) is 12.6. The van der Waals surface area contributed by atoms with Gasteiger partial charge in [-0.3, -0.25) is 0 Å². The van der Waals surface area contributed by atoms with Crippen molar-refractivity contribution in [3.8, 4) is 0 Å². The number of nitrogens with one attached hydrogen (secondary N) is 2. The van der Waals surface area contributed by atoms with Crippen molar-refractivity contribution in [2.24, 2.45) is 5.41 Å². The molecule has 0 amide bonds. The molecule has 1 aromatic heterocycles. The van der Waals surface area contributed by atoms with Gasteiger partial charge in [0.2, 0.25) is 10.0 Å². The van der Waals surface area contributed by atoms with Crippen molar-refractivity contribution in [1.82, 2.24) is 10.0 Å². The fourth-order valence-corrected chi connectivity index (χ4v) is 3.06. The lowest BCUT2D eigenvalue weighted by molar-refractivity contribution is 0.407. The Kier molecular flexibility index (Phi) is 5.40. The van der Waals surface area contributed by atoms with Gasteiger partial charge in [0.05, 0.1) is 6.54 Å². The highest BCUT2D eigenvalue weighted by atomic mass is 32.2. The first-order valence-corrected chi connectivity index (χ1v) is 8.32. The van der Waals surface area contributed by atoms with Gasteiger partial charge in [-0.05, 0) is 12.3 Å². The fraction of sp³-hybridized carbons (Fsp3) is 0.714. The van der Waals surface area contributed by atoms with E-state index in [2.05, 4.69) is 10.0 Å². The van der Waals surface area contributed by atoms with Gasteiger partial charge in [0.25, 0.3) is 0 Å². The third-order valence-corrected chi connectivity index (χ3v) is 4.20. The summed E-state index contributed by atoms with van der Waals surface area (Å²) in [5.41, 5.74) is -0.104. The summed E-state index contributed by atoms with van der Waals surface area (Å²) in [5.74, 6) is 1.05. The zero-order valence-electron chi connectivity index (χ0n) is 13.2. The van der Waals surface area contributed by atoms with E-state index < -0.39 is 10.0 Å². The molecule has 0 aliphatic heterocycles. The number of sulfonamides is 1. The Bertz CT molecular complexity index is 539. The predicted octanol–water partition coefficient (Wildman–Crippen LogP) is 2.41. The summed E-state index contributed by atoms with van der Waals surface area (Å²) in [6.07, 6.45) is 0. The molecule has 0 spiro atoms. The molecule has 0 radical (unpaired) electrons. The van der Waals surface area contributed by atoms with Crippen molar-refractivity contribution in [1.29, 1.82) is 0 Å². The maximum atomic E-state index is 12.3. The number of rotatable bonds is 6. The Morgan fingerprint density at radius 2 is 1.90 bits per heavy atom. The highest BCUT2D eigenvalue weighted by molar-refractivity contribution is 7.89. The number of hydrogen-bond donors (Lipinski definition) is 2. The highest BCUT2D eigenvalue weighted by Gasteiger charge is 2.23. The van der Waals surface area contributed by atoms with Gasteiger partial charge in [-0.1, -0.05) is 34.6 Å². The smallest absolute Gasteiger partial charge is 0.244 e. The molecule has 0 atom stereocenters. The minimum Gasteiger partial charge on any atom is -0.464 e. The van der Waals surface area contributed by atoms with Crippen LogP contribution in [-0.2, 0) is 16.6 Å². The van der Waals surface area contributed by atoms with E-state index >= 15 is 0 Å². The summed E-state index contributed by atoms with van der Waals surface area (Å²) < 4.78 is 32.6. The van der Waals surface area contributed by atoms with E-state index in [1.807, 2.05) is 34.6 Å². The fourth-order valence-electron chi connectivity index (χ4n) is 1.57. The second-order valence-electron chi connectivity index (χ2n) is 6.55. The monoisotopic (exact) mass is 302 g/mol. The number of hydrogen-bond acceptors (Lipinski definition) is 4. The van der Waals surface area contributed by atoms with Crippen LogP contribution in [0.1, 0.15) is 46.1 Å². The highest BCUT2D eigenvalue weighted by Crippen LogP contribution is 2.21. The van der Waals surface area contributed by atoms with Gasteiger partial charge >= 0.3 is 0 Å². The number of aryl methyl sites for hydroxylation is 1. The molecule has 1 rings (SSSR count). The minimum absolute atomic E-state index is 0.104. The van der Waals surface area contributed by atoms with Crippen molar-refractivity contribution in [3.05, 3.63) is 17.6 Å². The van der Waals surface area contributed by atoms with Gasteiger partial charge < -0.3 is 9.73 Å². The van der Waals surface area contributed by atoms with Crippen LogP contribution in [0.4, 0.5) is 0 Å². The molecule has 0 fully saturated rings. The second-order valence-corrected chi connectivity index (χ2v) is 8.29. The summed E-state index contributed by atoms with van der Waals surface area (Å²) in [6, 6.07) is 1.91. The van der Waals surface area contributed by atoms with Crippen LogP contribution in [0, 0.1) is 12.3 Å². The summed E-state index contributed by atoms with van der Waals surface area (Å²) in [7, 11) is -3.51. The van der Waals surface area contributed by atoms with Crippen LogP contribution in [0.25, 0.3) is 0 Å². The molecule has 0 unspecified atom stereocenters. The van der Waals surface area contributed by atoms with E-state index in [1.54, 1.807) is 13.0 Å². The molecular formula is C14H26N2O3S. The van der Waals surface area contributed by atoms with Gasteiger partial charge in [-0.15, -0.1) is 0 Å². The minimum atomic E-state index is -3.51. The van der Waals surface area contributed by atoms with Gasteiger partial charge in [-0.25, -0.2) is 13.1 Å². The molecule has 116 valence electrons. The Balaban J connectivity index is 2.85. The Labute approximate surface area is 122 Å². The molecule has 0 aromatic carbocycles. The van der Waals surface area contributed by atoms with Crippen LogP contribution in [0.2, 0.25) is 0 Å². The van der Waals surface area contributed by atoms with E-state index in [4.69, 9.17) is 4.42 Å². The zero-order chi connectivity index (χ0) is 15.6. The molecule has 5 nitrogen and oxygen atoms in total. The molecule has 6 heteroatoms. The van der Waals surface area contributed by atoms with Gasteiger partial charge in [0.15, 0.2) is 0 Å². The molecule has 1 heterocycles. The Hall–Kier alpha value is -0.850. The Morgan fingerprint density at radius 3 is 2.40 bits per heavy atom. The van der Waals surface area contributed by atoms with E-state index in [1.165, 1.54) is 0 Å². The first kappa shape index (κ1) is 17.2. The van der Waals surface area contributed by atoms with E-state index in [0.717, 1.165) is 0 Å². The third-order valence-electron chi connectivity index (χ3n) is 2.69. The van der Waals surface area contributed by atoms with Crippen LogP contribution in [0.3, 0.4) is 0 Å². The quantitative estimate of drug-likeness (QED) is 0.846. The van der Waals surface area contributed by atoms with E-state index in [9.17, 15) is 8.42 Å². The van der Waals surface area contributed by atoms with Crippen molar-refractivity contribution in [2.75, 3.05) is 6.54 Å². The average Bonchev–Trinajstić information content (AvgIpc) is 2.65. The summed E-state index contributed by atoms with van der Waals surface area (Å²) in [5, 5.41) is 3.20. The molecule has 0 aliphatic carbocycles. The lowest BCUT2D eigenvalue weighted by atomic mass is 9.98. The number of furan rings is 1. The van der Waals surface area contributed by atoms with Gasteiger partial charge in [-0.2, -0.15) is 0 Å². The van der Waals surface area contributed by atoms with Gasteiger partial charge in [0.1, 0.15) is 16.4 Å². The lowest BCUT2D eigenvalue weighted by Crippen LogP contribution is -2.32. The average molecular weight is 302 g/mol. The van der Waals surface area contributed by atoms with Crippen LogP contribution in [-0.4, -0.2) is 21.0 Å². The topological polar surface area (TPSA) is 71.3 Å². The van der Waals surface area contributed by atoms with Crippen LogP contribution >= 0.6 is 0 Å². The molecule has 0 aliphatic rings. The zero-order valence-corrected chi connectivity index (χ0v) is 14.0. The molecule has 2 N–H and O–H groups in total. The third kappa shape index (κ3) is 5.26. The van der Waals surface area contributed by atoms with Crippen LogP contribution < -0.4 is 10.0 Å². The second kappa shape index (κ2) is 6.28. The van der Waals surface area contributed by atoms with Crippen molar-refractivity contribution >= 4 is 10.0 Å². The maximum absolute atomic E-state index is 12.3. The van der Waals surface area contributed by atoms with Crippen molar-refractivity contribution < 1.29 is 12.8 Å². The van der Waals surface area contributed by atoms with Crippen LogP contribution in [0.15, 0.2) is 15.4 Å². The van der Waals surface area contributed by atoms with Crippen LogP contribution in [0.5, 0.6) is 0 Å².